The van der Waals surface area contributed by atoms with Crippen molar-refractivity contribution in [1.82, 2.24) is 0 Å². The van der Waals surface area contributed by atoms with Gasteiger partial charge in [0.25, 0.3) is 0 Å². The van der Waals surface area contributed by atoms with E-state index in [0.29, 0.717) is 12.2 Å². The first-order valence-electron chi connectivity index (χ1n) is 7.25. The fourth-order valence-electron chi connectivity index (χ4n) is 3.32. The molecule has 0 aliphatic carbocycles. The summed E-state index contributed by atoms with van der Waals surface area (Å²) < 4.78 is 20.0. The van der Waals surface area contributed by atoms with Crippen LogP contribution in [0.15, 0.2) is 18.2 Å². The maximum absolute atomic E-state index is 14.0. The summed E-state index contributed by atoms with van der Waals surface area (Å²) in [6, 6.07) is 5.09. The normalized spacial score (nSPS) is 31.6. The Bertz CT molecular complexity index is 485. The molecule has 1 aromatic carbocycles. The molecular weight excluding hydrogens is 275 g/mol. The Balaban J connectivity index is 1.77. The van der Waals surface area contributed by atoms with Crippen LogP contribution >= 0.6 is 11.8 Å². The summed E-state index contributed by atoms with van der Waals surface area (Å²) in [5.74, 6) is 1.94. The van der Waals surface area contributed by atoms with E-state index in [1.54, 1.807) is 6.07 Å². The van der Waals surface area contributed by atoms with Crippen LogP contribution in [0.2, 0.25) is 0 Å². The molecule has 2 heterocycles. The molecule has 2 aliphatic heterocycles. The third kappa shape index (κ3) is 2.74. The Hall–Kier alpha value is -0.580. The van der Waals surface area contributed by atoms with Crippen LogP contribution < -0.4 is 0 Å². The Kier molecular flexibility index (Phi) is 4.07. The summed E-state index contributed by atoms with van der Waals surface area (Å²) in [4.78, 5) is 0. The lowest BCUT2D eigenvalue weighted by Gasteiger charge is -2.39. The molecule has 110 valence electrons. The predicted molar refractivity (Wildman–Crippen MR) is 79.4 cm³/mol. The van der Waals surface area contributed by atoms with E-state index in [9.17, 15) is 9.50 Å². The Morgan fingerprint density at radius 3 is 3.05 bits per heavy atom. The molecule has 3 rings (SSSR count). The maximum atomic E-state index is 14.0. The van der Waals surface area contributed by atoms with Gasteiger partial charge in [0.05, 0.1) is 11.7 Å². The number of benzene rings is 1. The molecule has 0 amide bonds. The number of hydrogen-bond acceptors (Lipinski definition) is 3. The summed E-state index contributed by atoms with van der Waals surface area (Å²) in [5.41, 5.74) is 1.24. The van der Waals surface area contributed by atoms with Crippen molar-refractivity contribution in [2.24, 2.45) is 5.92 Å². The number of thioether (sulfide) groups is 1. The minimum Gasteiger partial charge on any atom is -0.388 e. The SMILES string of the molecule is Cc1ccc(C(O)C2CCOC3(CCSC3)C2)c(F)c1. The molecular formula is C16H21FO2S. The molecule has 4 heteroatoms. The number of hydrogen-bond donors (Lipinski definition) is 1. The van der Waals surface area contributed by atoms with Gasteiger partial charge in [-0.15, -0.1) is 0 Å². The van der Waals surface area contributed by atoms with Crippen LogP contribution in [0.4, 0.5) is 4.39 Å². The lowest BCUT2D eigenvalue weighted by atomic mass is 9.80. The number of aliphatic hydroxyl groups is 1. The van der Waals surface area contributed by atoms with Gasteiger partial charge in [-0.05, 0) is 49.5 Å². The number of aliphatic hydroxyl groups excluding tert-OH is 1. The van der Waals surface area contributed by atoms with Crippen molar-refractivity contribution < 1.29 is 14.2 Å². The van der Waals surface area contributed by atoms with Gasteiger partial charge in [0.2, 0.25) is 0 Å². The minimum absolute atomic E-state index is 0.0737. The molecule has 2 aliphatic rings. The number of ether oxygens (including phenoxy) is 1. The summed E-state index contributed by atoms with van der Waals surface area (Å²) >= 11 is 1.91. The van der Waals surface area contributed by atoms with Crippen molar-refractivity contribution in [3.8, 4) is 0 Å². The van der Waals surface area contributed by atoms with Crippen LogP contribution in [0.1, 0.15) is 36.5 Å². The predicted octanol–water partition coefficient (Wildman–Crippen LogP) is 3.47. The zero-order valence-corrected chi connectivity index (χ0v) is 12.6. The first kappa shape index (κ1) is 14.4. The molecule has 1 aromatic rings. The highest BCUT2D eigenvalue weighted by Crippen LogP contribution is 2.44. The highest BCUT2D eigenvalue weighted by Gasteiger charge is 2.42. The molecule has 2 fully saturated rings. The van der Waals surface area contributed by atoms with Crippen LogP contribution in [0, 0.1) is 18.7 Å². The molecule has 0 radical (unpaired) electrons. The van der Waals surface area contributed by atoms with Gasteiger partial charge in [0.1, 0.15) is 5.82 Å². The minimum atomic E-state index is -0.720. The van der Waals surface area contributed by atoms with E-state index in [1.165, 1.54) is 6.07 Å². The maximum Gasteiger partial charge on any atom is 0.129 e. The standard InChI is InChI=1S/C16H21FO2S/c1-11-2-3-13(14(17)8-11)15(18)12-4-6-19-16(9-12)5-7-20-10-16/h2-3,8,12,15,18H,4-7,9-10H2,1H3. The highest BCUT2D eigenvalue weighted by atomic mass is 32.2. The molecule has 2 saturated heterocycles. The zero-order chi connectivity index (χ0) is 14.2. The van der Waals surface area contributed by atoms with E-state index in [4.69, 9.17) is 4.74 Å². The quantitative estimate of drug-likeness (QED) is 0.906. The van der Waals surface area contributed by atoms with E-state index < -0.39 is 6.10 Å². The Labute approximate surface area is 123 Å². The van der Waals surface area contributed by atoms with Crippen molar-refractivity contribution in [1.29, 1.82) is 0 Å². The average Bonchev–Trinajstić information content (AvgIpc) is 2.86. The van der Waals surface area contributed by atoms with Crippen molar-refractivity contribution >= 4 is 11.8 Å². The van der Waals surface area contributed by atoms with Crippen molar-refractivity contribution in [3.05, 3.63) is 35.1 Å². The van der Waals surface area contributed by atoms with Gasteiger partial charge in [0, 0.05) is 17.9 Å². The van der Waals surface area contributed by atoms with Crippen LogP contribution in [0.3, 0.4) is 0 Å². The average molecular weight is 296 g/mol. The molecule has 3 unspecified atom stereocenters. The molecule has 0 aromatic heterocycles. The van der Waals surface area contributed by atoms with Gasteiger partial charge in [0.15, 0.2) is 0 Å². The van der Waals surface area contributed by atoms with Gasteiger partial charge >= 0.3 is 0 Å². The highest BCUT2D eigenvalue weighted by molar-refractivity contribution is 7.99. The topological polar surface area (TPSA) is 29.5 Å². The molecule has 1 spiro atoms. The fourth-order valence-corrected chi connectivity index (χ4v) is 4.70. The van der Waals surface area contributed by atoms with Crippen molar-refractivity contribution in [2.75, 3.05) is 18.1 Å². The second-order valence-electron chi connectivity index (χ2n) is 6.06. The summed E-state index contributed by atoms with van der Waals surface area (Å²) in [6.07, 6.45) is 1.98. The van der Waals surface area contributed by atoms with E-state index >= 15 is 0 Å². The van der Waals surface area contributed by atoms with Crippen LogP contribution in [-0.4, -0.2) is 28.8 Å². The largest absolute Gasteiger partial charge is 0.388 e. The van der Waals surface area contributed by atoms with Gasteiger partial charge in [-0.25, -0.2) is 4.39 Å². The van der Waals surface area contributed by atoms with Crippen molar-refractivity contribution in [3.63, 3.8) is 0 Å². The lowest BCUT2D eigenvalue weighted by Crippen LogP contribution is -2.41. The lowest BCUT2D eigenvalue weighted by molar-refractivity contribution is -0.102. The number of rotatable bonds is 2. The Morgan fingerprint density at radius 2 is 2.35 bits per heavy atom. The van der Waals surface area contributed by atoms with Gasteiger partial charge < -0.3 is 9.84 Å². The van der Waals surface area contributed by atoms with Crippen LogP contribution in [0.25, 0.3) is 0 Å². The van der Waals surface area contributed by atoms with Crippen LogP contribution in [-0.2, 0) is 4.74 Å². The molecule has 0 saturated carbocycles. The third-order valence-corrected chi connectivity index (χ3v) is 5.74. The fraction of sp³-hybridized carbons (Fsp3) is 0.625. The Morgan fingerprint density at radius 1 is 1.50 bits per heavy atom. The van der Waals surface area contributed by atoms with Crippen molar-refractivity contribution in [2.45, 2.75) is 37.9 Å². The van der Waals surface area contributed by atoms with E-state index in [-0.39, 0.29) is 17.3 Å². The number of aryl methyl sites for hydroxylation is 1. The van der Waals surface area contributed by atoms with E-state index in [0.717, 1.165) is 36.3 Å². The molecule has 2 nitrogen and oxygen atoms in total. The second-order valence-corrected chi connectivity index (χ2v) is 7.16. The first-order chi connectivity index (χ1) is 9.60. The first-order valence-corrected chi connectivity index (χ1v) is 8.41. The molecule has 0 bridgehead atoms. The molecule has 20 heavy (non-hydrogen) atoms. The zero-order valence-electron chi connectivity index (χ0n) is 11.8. The molecule has 1 N–H and O–H groups in total. The van der Waals surface area contributed by atoms with Crippen LogP contribution in [0.5, 0.6) is 0 Å². The monoisotopic (exact) mass is 296 g/mol. The summed E-state index contributed by atoms with van der Waals surface area (Å²) in [6.45, 7) is 2.54. The third-order valence-electron chi connectivity index (χ3n) is 4.52. The number of halogens is 1. The van der Waals surface area contributed by atoms with Gasteiger partial charge in [-0.3, -0.25) is 0 Å². The molecule has 3 atom stereocenters. The summed E-state index contributed by atoms with van der Waals surface area (Å²) in [7, 11) is 0. The van der Waals surface area contributed by atoms with E-state index in [2.05, 4.69) is 0 Å². The van der Waals surface area contributed by atoms with Gasteiger partial charge in [-0.1, -0.05) is 12.1 Å². The second kappa shape index (κ2) is 5.66. The van der Waals surface area contributed by atoms with E-state index in [1.807, 2.05) is 24.8 Å². The summed E-state index contributed by atoms with van der Waals surface area (Å²) in [5, 5.41) is 10.6. The van der Waals surface area contributed by atoms with Gasteiger partial charge in [-0.2, -0.15) is 11.8 Å². The smallest absolute Gasteiger partial charge is 0.129 e.